The molecule has 1 aliphatic heterocycles. The number of piperazine rings is 1. The Bertz CT molecular complexity index is 1190. The zero-order chi connectivity index (χ0) is 21.5. The lowest BCUT2D eigenvalue weighted by Gasteiger charge is -2.34. The maximum absolute atomic E-state index is 13.0. The van der Waals surface area contributed by atoms with E-state index in [0.717, 1.165) is 6.42 Å². The second-order valence-corrected chi connectivity index (χ2v) is 8.89. The fourth-order valence-electron chi connectivity index (χ4n) is 4.25. The number of amides is 2. The molecule has 1 aliphatic carbocycles. The Morgan fingerprint density at radius 1 is 1.10 bits per heavy atom. The topological polar surface area (TPSA) is 80.1 Å². The normalized spacial score (nSPS) is 20.7. The molecule has 3 heterocycles. The number of benzene rings is 1. The first-order chi connectivity index (χ1) is 15.1. The molecule has 5 rings (SSSR count). The van der Waals surface area contributed by atoms with E-state index in [1.54, 1.807) is 40.5 Å². The SMILES string of the molecule is COc1cccc2cc(C(=O)N3CCN(C(=O)C4CC4c4cccs4)CC3)c(=O)oc12. The average molecular weight is 439 g/mol. The van der Waals surface area contributed by atoms with Crippen LogP contribution in [0.3, 0.4) is 0 Å². The standard InChI is InChI=1S/C23H22N2O5S/c1-29-18-5-2-4-14-12-17(23(28)30-20(14)18)22(27)25-9-7-24(8-10-25)21(26)16-13-15(16)19-6-3-11-31-19/h2-6,11-12,15-16H,7-10,13H2,1H3. The number of hydrogen-bond acceptors (Lipinski definition) is 6. The average Bonchev–Trinajstić information content (AvgIpc) is 3.41. The minimum atomic E-state index is -0.683. The molecular weight excluding hydrogens is 416 g/mol. The van der Waals surface area contributed by atoms with E-state index in [9.17, 15) is 14.4 Å². The lowest BCUT2D eigenvalue weighted by molar-refractivity contribution is -0.134. The highest BCUT2D eigenvalue weighted by Gasteiger charge is 2.46. The predicted molar refractivity (Wildman–Crippen MR) is 117 cm³/mol. The Hall–Kier alpha value is -3.13. The number of methoxy groups -OCH3 is 1. The minimum Gasteiger partial charge on any atom is -0.493 e. The lowest BCUT2D eigenvalue weighted by Crippen LogP contribution is -2.51. The van der Waals surface area contributed by atoms with Gasteiger partial charge in [0.15, 0.2) is 11.3 Å². The maximum atomic E-state index is 13.0. The third kappa shape index (κ3) is 3.61. The van der Waals surface area contributed by atoms with Gasteiger partial charge >= 0.3 is 5.63 Å². The van der Waals surface area contributed by atoms with Crippen molar-refractivity contribution in [2.24, 2.45) is 5.92 Å². The highest BCUT2D eigenvalue weighted by molar-refractivity contribution is 7.10. The van der Waals surface area contributed by atoms with Crippen molar-refractivity contribution >= 4 is 34.1 Å². The lowest BCUT2D eigenvalue weighted by atomic mass is 10.1. The summed E-state index contributed by atoms with van der Waals surface area (Å²) in [6.07, 6.45) is 0.903. The van der Waals surface area contributed by atoms with Crippen molar-refractivity contribution in [3.05, 3.63) is 62.6 Å². The zero-order valence-electron chi connectivity index (χ0n) is 17.1. The number of para-hydroxylation sites is 1. The van der Waals surface area contributed by atoms with E-state index in [-0.39, 0.29) is 23.3 Å². The molecule has 1 saturated heterocycles. The summed E-state index contributed by atoms with van der Waals surface area (Å²) < 4.78 is 10.6. The van der Waals surface area contributed by atoms with Crippen LogP contribution in [0.15, 0.2) is 51.0 Å². The number of ether oxygens (including phenoxy) is 1. The molecule has 0 bridgehead atoms. The molecular formula is C23H22N2O5S. The van der Waals surface area contributed by atoms with E-state index in [4.69, 9.17) is 9.15 Å². The summed E-state index contributed by atoms with van der Waals surface area (Å²) in [6.45, 7) is 1.75. The molecule has 0 N–H and O–H groups in total. The van der Waals surface area contributed by atoms with Gasteiger partial charge in [-0.05, 0) is 30.0 Å². The van der Waals surface area contributed by atoms with E-state index in [1.165, 1.54) is 12.0 Å². The van der Waals surface area contributed by atoms with Gasteiger partial charge in [-0.25, -0.2) is 4.79 Å². The molecule has 1 aromatic carbocycles. The van der Waals surface area contributed by atoms with Crippen molar-refractivity contribution in [3.8, 4) is 5.75 Å². The zero-order valence-corrected chi connectivity index (χ0v) is 17.9. The molecule has 0 radical (unpaired) electrons. The van der Waals surface area contributed by atoms with Gasteiger partial charge in [-0.3, -0.25) is 9.59 Å². The first-order valence-corrected chi connectivity index (χ1v) is 11.2. The maximum Gasteiger partial charge on any atom is 0.349 e. The van der Waals surface area contributed by atoms with Gasteiger partial charge in [-0.2, -0.15) is 0 Å². The van der Waals surface area contributed by atoms with Crippen molar-refractivity contribution in [1.29, 1.82) is 0 Å². The Morgan fingerprint density at radius 3 is 2.58 bits per heavy atom. The molecule has 2 unspecified atom stereocenters. The van der Waals surface area contributed by atoms with Crippen molar-refractivity contribution in [2.45, 2.75) is 12.3 Å². The van der Waals surface area contributed by atoms with Crippen LogP contribution in [0.5, 0.6) is 5.75 Å². The summed E-state index contributed by atoms with van der Waals surface area (Å²) in [5, 5.41) is 2.67. The van der Waals surface area contributed by atoms with E-state index in [1.807, 2.05) is 16.3 Å². The van der Waals surface area contributed by atoms with Crippen LogP contribution in [0.1, 0.15) is 27.6 Å². The fraction of sp³-hybridized carbons (Fsp3) is 0.348. The van der Waals surface area contributed by atoms with Gasteiger partial charge in [0.2, 0.25) is 5.91 Å². The number of hydrogen-bond donors (Lipinski definition) is 0. The third-order valence-corrected chi connectivity index (χ3v) is 7.07. The smallest absolute Gasteiger partial charge is 0.349 e. The largest absolute Gasteiger partial charge is 0.493 e. The van der Waals surface area contributed by atoms with Gasteiger partial charge < -0.3 is 19.0 Å². The van der Waals surface area contributed by atoms with E-state index >= 15 is 0 Å². The van der Waals surface area contributed by atoms with Crippen molar-refractivity contribution < 1.29 is 18.7 Å². The number of rotatable bonds is 4. The predicted octanol–water partition coefficient (Wildman–Crippen LogP) is 2.95. The second-order valence-electron chi connectivity index (χ2n) is 7.91. The Balaban J connectivity index is 1.26. The van der Waals surface area contributed by atoms with E-state index < -0.39 is 5.63 Å². The van der Waals surface area contributed by atoms with Gasteiger partial charge in [-0.15, -0.1) is 11.3 Å². The third-order valence-electron chi connectivity index (χ3n) is 6.07. The second kappa shape index (κ2) is 7.85. The number of fused-ring (bicyclic) bond motifs is 1. The Labute approximate surface area is 182 Å². The molecule has 3 aromatic rings. The Morgan fingerprint density at radius 2 is 1.87 bits per heavy atom. The van der Waals surface area contributed by atoms with Gasteiger partial charge in [0, 0.05) is 48.3 Å². The van der Waals surface area contributed by atoms with Crippen LogP contribution in [0.25, 0.3) is 11.0 Å². The molecule has 160 valence electrons. The highest BCUT2D eigenvalue weighted by atomic mass is 32.1. The number of thiophene rings is 1. The number of carbonyl (C=O) groups is 2. The Kier molecular flexibility index (Phi) is 5.02. The first kappa shape index (κ1) is 19.8. The summed E-state index contributed by atoms with van der Waals surface area (Å²) in [7, 11) is 1.50. The molecule has 2 fully saturated rings. The molecule has 8 heteroatoms. The monoisotopic (exact) mass is 438 g/mol. The fourth-order valence-corrected chi connectivity index (χ4v) is 5.15. The molecule has 2 aromatic heterocycles. The van der Waals surface area contributed by atoms with Crippen molar-refractivity contribution in [2.75, 3.05) is 33.3 Å². The molecule has 1 saturated carbocycles. The van der Waals surface area contributed by atoms with Gasteiger partial charge in [0.25, 0.3) is 5.91 Å². The van der Waals surface area contributed by atoms with Crippen LogP contribution in [0.4, 0.5) is 0 Å². The molecule has 7 nitrogen and oxygen atoms in total. The quantitative estimate of drug-likeness (QED) is 0.585. The number of nitrogens with zero attached hydrogens (tertiary/aromatic N) is 2. The molecule has 2 aliphatic rings. The van der Waals surface area contributed by atoms with E-state index in [2.05, 4.69) is 6.07 Å². The van der Waals surface area contributed by atoms with Gasteiger partial charge in [0.1, 0.15) is 5.56 Å². The van der Waals surface area contributed by atoms with Crippen LogP contribution in [0, 0.1) is 5.92 Å². The first-order valence-electron chi connectivity index (χ1n) is 10.3. The summed E-state index contributed by atoms with van der Waals surface area (Å²) in [5.74, 6) is 0.646. The van der Waals surface area contributed by atoms with Gasteiger partial charge in [0.05, 0.1) is 7.11 Å². The summed E-state index contributed by atoms with van der Waals surface area (Å²) in [5.41, 5.74) is -0.357. The minimum absolute atomic E-state index is 0.000446. The molecule has 0 spiro atoms. The van der Waals surface area contributed by atoms with Crippen LogP contribution in [-0.2, 0) is 4.79 Å². The summed E-state index contributed by atoms with van der Waals surface area (Å²) in [4.78, 5) is 43.0. The molecule has 2 atom stereocenters. The molecule has 2 amide bonds. The number of carbonyl (C=O) groups excluding carboxylic acids is 2. The van der Waals surface area contributed by atoms with Crippen LogP contribution in [0.2, 0.25) is 0 Å². The van der Waals surface area contributed by atoms with Gasteiger partial charge in [-0.1, -0.05) is 18.2 Å². The van der Waals surface area contributed by atoms with E-state index in [0.29, 0.717) is 48.8 Å². The molecule has 31 heavy (non-hydrogen) atoms. The van der Waals surface area contributed by atoms with Crippen LogP contribution < -0.4 is 10.4 Å². The van der Waals surface area contributed by atoms with Crippen LogP contribution in [-0.4, -0.2) is 54.9 Å². The van der Waals surface area contributed by atoms with Crippen LogP contribution >= 0.6 is 11.3 Å². The summed E-state index contributed by atoms with van der Waals surface area (Å²) in [6, 6.07) is 10.9. The van der Waals surface area contributed by atoms with Crippen molar-refractivity contribution in [3.63, 3.8) is 0 Å². The highest BCUT2D eigenvalue weighted by Crippen LogP contribution is 2.50. The van der Waals surface area contributed by atoms with Crippen molar-refractivity contribution in [1.82, 2.24) is 9.80 Å². The summed E-state index contributed by atoms with van der Waals surface area (Å²) >= 11 is 1.70.